The van der Waals surface area contributed by atoms with Crippen LogP contribution >= 0.6 is 15.9 Å². The molecule has 3 aromatic rings. The first kappa shape index (κ1) is 20.6. The van der Waals surface area contributed by atoms with Crippen molar-refractivity contribution in [1.29, 1.82) is 0 Å². The summed E-state index contributed by atoms with van der Waals surface area (Å²) in [5.74, 6) is 0.0392. The molecule has 0 aromatic heterocycles. The molecule has 6 heteroatoms. The fraction of sp³-hybridized carbons (Fsp3) is 0.130. The summed E-state index contributed by atoms with van der Waals surface area (Å²) >= 11 is 3.42. The predicted molar refractivity (Wildman–Crippen MR) is 119 cm³/mol. The maximum atomic E-state index is 12.5. The second kappa shape index (κ2) is 9.39. The summed E-state index contributed by atoms with van der Waals surface area (Å²) < 4.78 is 6.35. The Morgan fingerprint density at radius 2 is 1.55 bits per heavy atom. The van der Waals surface area contributed by atoms with Crippen molar-refractivity contribution in [3.63, 3.8) is 0 Å². The van der Waals surface area contributed by atoms with E-state index in [0.29, 0.717) is 17.0 Å². The highest BCUT2D eigenvalue weighted by atomic mass is 79.9. The fourth-order valence-electron chi connectivity index (χ4n) is 2.73. The molecular weight excluding hydrogens is 432 g/mol. The van der Waals surface area contributed by atoms with Crippen molar-refractivity contribution in [2.75, 3.05) is 17.2 Å². The maximum Gasteiger partial charge on any atom is 0.262 e. The van der Waals surface area contributed by atoms with Crippen LogP contribution in [0.25, 0.3) is 0 Å². The summed E-state index contributed by atoms with van der Waals surface area (Å²) in [5, 5.41) is 5.61. The number of amides is 2. The average molecular weight is 453 g/mol. The third kappa shape index (κ3) is 5.93. The van der Waals surface area contributed by atoms with Crippen LogP contribution in [0.1, 0.15) is 21.5 Å². The first-order valence-electron chi connectivity index (χ1n) is 9.07. The smallest absolute Gasteiger partial charge is 0.262 e. The Labute approximate surface area is 178 Å². The summed E-state index contributed by atoms with van der Waals surface area (Å²) in [6.07, 6.45) is 0. The van der Waals surface area contributed by atoms with Crippen LogP contribution in [-0.2, 0) is 4.79 Å². The van der Waals surface area contributed by atoms with Crippen LogP contribution in [-0.4, -0.2) is 18.4 Å². The van der Waals surface area contributed by atoms with Crippen molar-refractivity contribution in [1.82, 2.24) is 0 Å². The molecule has 29 heavy (non-hydrogen) atoms. The molecule has 2 amide bonds. The molecule has 0 aliphatic rings. The van der Waals surface area contributed by atoms with Crippen molar-refractivity contribution in [3.8, 4) is 5.75 Å². The van der Waals surface area contributed by atoms with Gasteiger partial charge in [0.15, 0.2) is 6.61 Å². The highest BCUT2D eigenvalue weighted by Crippen LogP contribution is 2.25. The van der Waals surface area contributed by atoms with Gasteiger partial charge in [0, 0.05) is 16.9 Å². The van der Waals surface area contributed by atoms with Crippen LogP contribution in [0.3, 0.4) is 0 Å². The lowest BCUT2D eigenvalue weighted by molar-refractivity contribution is -0.118. The van der Waals surface area contributed by atoms with Gasteiger partial charge in [-0.25, -0.2) is 0 Å². The minimum Gasteiger partial charge on any atom is -0.483 e. The second-order valence-corrected chi connectivity index (χ2v) is 7.53. The van der Waals surface area contributed by atoms with Gasteiger partial charge in [-0.15, -0.1) is 0 Å². The van der Waals surface area contributed by atoms with Crippen molar-refractivity contribution < 1.29 is 14.3 Å². The van der Waals surface area contributed by atoms with Gasteiger partial charge in [-0.3, -0.25) is 9.59 Å². The third-order valence-electron chi connectivity index (χ3n) is 4.13. The average Bonchev–Trinajstić information content (AvgIpc) is 2.67. The molecule has 3 aromatic carbocycles. The molecule has 0 unspecified atom stereocenters. The van der Waals surface area contributed by atoms with Gasteiger partial charge in [-0.1, -0.05) is 24.3 Å². The molecule has 2 N–H and O–H groups in total. The zero-order chi connectivity index (χ0) is 20.8. The summed E-state index contributed by atoms with van der Waals surface area (Å²) in [4.78, 5) is 24.7. The van der Waals surface area contributed by atoms with Gasteiger partial charge in [-0.2, -0.15) is 0 Å². The number of carbonyl (C=O) groups excluding carboxylic acids is 2. The lowest BCUT2D eigenvalue weighted by atomic mass is 10.1. The van der Waals surface area contributed by atoms with Gasteiger partial charge in [0.2, 0.25) is 0 Å². The van der Waals surface area contributed by atoms with Gasteiger partial charge in [0.05, 0.1) is 4.47 Å². The van der Waals surface area contributed by atoms with E-state index in [1.807, 2.05) is 56.3 Å². The number of nitrogens with one attached hydrogen (secondary N) is 2. The largest absolute Gasteiger partial charge is 0.483 e. The van der Waals surface area contributed by atoms with E-state index in [4.69, 9.17) is 4.74 Å². The second-order valence-electron chi connectivity index (χ2n) is 6.68. The molecule has 0 fully saturated rings. The summed E-state index contributed by atoms with van der Waals surface area (Å²) in [6.45, 7) is 3.80. The Hall–Kier alpha value is -3.12. The quantitative estimate of drug-likeness (QED) is 0.530. The van der Waals surface area contributed by atoms with E-state index in [0.717, 1.165) is 21.3 Å². The minimum absolute atomic E-state index is 0.138. The molecule has 0 spiro atoms. The molecule has 148 valence electrons. The first-order valence-corrected chi connectivity index (χ1v) is 9.87. The maximum absolute atomic E-state index is 12.5. The lowest BCUT2D eigenvalue weighted by Crippen LogP contribution is -2.20. The number of anilines is 2. The molecule has 0 aliphatic carbocycles. The highest BCUT2D eigenvalue weighted by Gasteiger charge is 2.10. The number of hydrogen-bond acceptors (Lipinski definition) is 3. The van der Waals surface area contributed by atoms with Crippen molar-refractivity contribution in [2.45, 2.75) is 13.8 Å². The topological polar surface area (TPSA) is 67.4 Å². The number of ether oxygens (including phenoxy) is 1. The predicted octanol–water partition coefficient (Wildman–Crippen LogP) is 5.34. The molecule has 3 rings (SSSR count). The normalized spacial score (nSPS) is 10.3. The summed E-state index contributed by atoms with van der Waals surface area (Å²) in [5.41, 5.74) is 3.85. The van der Waals surface area contributed by atoms with E-state index in [9.17, 15) is 9.59 Å². The van der Waals surface area contributed by atoms with Gasteiger partial charge in [-0.05, 0) is 83.4 Å². The van der Waals surface area contributed by atoms with Crippen molar-refractivity contribution >= 4 is 39.1 Å². The van der Waals surface area contributed by atoms with E-state index < -0.39 is 0 Å². The molecule has 0 saturated carbocycles. The van der Waals surface area contributed by atoms with E-state index in [1.165, 1.54) is 0 Å². The Bertz CT molecular complexity index is 1050. The van der Waals surface area contributed by atoms with E-state index in [-0.39, 0.29) is 18.4 Å². The number of rotatable bonds is 6. The van der Waals surface area contributed by atoms with E-state index in [1.54, 1.807) is 24.3 Å². The zero-order valence-corrected chi connectivity index (χ0v) is 17.7. The summed E-state index contributed by atoms with van der Waals surface area (Å²) in [7, 11) is 0. The fourth-order valence-corrected chi connectivity index (χ4v) is 3.34. The Morgan fingerprint density at radius 1 is 0.862 bits per heavy atom. The highest BCUT2D eigenvalue weighted by molar-refractivity contribution is 9.10. The third-order valence-corrected chi connectivity index (χ3v) is 4.75. The van der Waals surface area contributed by atoms with Crippen molar-refractivity contribution in [2.24, 2.45) is 0 Å². The zero-order valence-electron chi connectivity index (χ0n) is 16.2. The Kier molecular flexibility index (Phi) is 6.67. The molecular formula is C23H21BrN2O3. The summed E-state index contributed by atoms with van der Waals surface area (Å²) in [6, 6.07) is 20.0. The monoisotopic (exact) mass is 452 g/mol. The number of carbonyl (C=O) groups is 2. The standard InChI is InChI=1S/C23H21BrN2O3/c1-15-5-3-7-18(11-15)26-23(28)17-6-4-8-19(13-17)25-22(27)14-29-21-10-9-16(2)12-20(21)24/h3-13H,14H2,1-2H3,(H,25,27)(H,26,28). The van der Waals surface area contributed by atoms with E-state index >= 15 is 0 Å². The Balaban J connectivity index is 1.60. The molecule has 0 bridgehead atoms. The number of halogens is 1. The number of aryl methyl sites for hydroxylation is 2. The lowest BCUT2D eigenvalue weighted by Gasteiger charge is -2.11. The van der Waals surface area contributed by atoms with Crippen LogP contribution in [0.5, 0.6) is 5.75 Å². The van der Waals surface area contributed by atoms with Gasteiger partial charge in [0.1, 0.15) is 5.75 Å². The van der Waals surface area contributed by atoms with Gasteiger partial charge < -0.3 is 15.4 Å². The molecule has 0 saturated heterocycles. The van der Waals surface area contributed by atoms with Crippen LogP contribution in [0.2, 0.25) is 0 Å². The molecule has 5 nitrogen and oxygen atoms in total. The molecule has 0 atom stereocenters. The molecule has 0 aliphatic heterocycles. The van der Waals surface area contributed by atoms with Crippen LogP contribution in [0, 0.1) is 13.8 Å². The first-order chi connectivity index (χ1) is 13.9. The van der Waals surface area contributed by atoms with Gasteiger partial charge >= 0.3 is 0 Å². The Morgan fingerprint density at radius 3 is 2.28 bits per heavy atom. The molecule has 0 heterocycles. The van der Waals surface area contributed by atoms with Crippen LogP contribution in [0.4, 0.5) is 11.4 Å². The minimum atomic E-state index is -0.311. The number of hydrogen-bond donors (Lipinski definition) is 2. The van der Waals surface area contributed by atoms with Gasteiger partial charge in [0.25, 0.3) is 11.8 Å². The van der Waals surface area contributed by atoms with E-state index in [2.05, 4.69) is 26.6 Å². The SMILES string of the molecule is Cc1cccc(NC(=O)c2cccc(NC(=O)COc3ccc(C)cc3Br)c2)c1. The van der Waals surface area contributed by atoms with Crippen LogP contribution in [0.15, 0.2) is 71.2 Å². The number of benzene rings is 3. The van der Waals surface area contributed by atoms with Crippen molar-refractivity contribution in [3.05, 3.63) is 87.9 Å². The van der Waals surface area contributed by atoms with Crippen LogP contribution < -0.4 is 15.4 Å². The molecule has 0 radical (unpaired) electrons.